The van der Waals surface area contributed by atoms with Gasteiger partial charge in [0.15, 0.2) is 0 Å². The van der Waals surface area contributed by atoms with Gasteiger partial charge in [0.25, 0.3) is 0 Å². The van der Waals surface area contributed by atoms with Crippen molar-refractivity contribution in [3.05, 3.63) is 59.7 Å². The predicted octanol–water partition coefficient (Wildman–Crippen LogP) is 2.71. The van der Waals surface area contributed by atoms with Crippen molar-refractivity contribution in [2.45, 2.75) is 71.5 Å². The number of amides is 3. The van der Waals surface area contributed by atoms with E-state index in [1.807, 2.05) is 27.7 Å². The first-order valence-electron chi connectivity index (χ1n) is 12.8. The number of nitrogens with two attached hydrogens (primary N) is 1. The summed E-state index contributed by atoms with van der Waals surface area (Å²) in [5.41, 5.74) is 7.11. The molecule has 0 radical (unpaired) electrons. The Morgan fingerprint density at radius 1 is 0.868 bits per heavy atom. The number of carbonyl (C=O) groups excluding carboxylic acids is 4. The van der Waals surface area contributed by atoms with E-state index in [4.69, 9.17) is 5.73 Å². The maximum absolute atomic E-state index is 14.2. The fourth-order valence-corrected chi connectivity index (χ4v) is 4.32. The van der Waals surface area contributed by atoms with Crippen LogP contribution >= 0.6 is 0 Å². The molecule has 3 amide bonds. The number of hydrogen-bond donors (Lipinski definition) is 4. The fraction of sp³-hybridized carbons (Fsp3) is 0.448. The molecule has 0 saturated carbocycles. The standard InChI is InChI=1S/C29H39N3O6/c1-18(2)13-26(28(30)37)32(22(17-33)15-20-5-9-23(34)10-6-20)29(38)25(31-27(36)14-19(3)4)16-21-7-11-24(35)12-8-21/h5-12,17-19,22,25-26,34-35H,13-16H2,1-4H3,(H2,30,37)(H,31,36)/t22?,25-,26-/m0/s1. The Hall–Kier alpha value is -3.88. The molecule has 0 aromatic heterocycles. The molecule has 0 aliphatic heterocycles. The molecule has 2 rings (SSSR count). The van der Waals surface area contributed by atoms with Crippen molar-refractivity contribution >= 4 is 24.0 Å². The number of phenolic OH excluding ortho intramolecular Hbond substituents is 2. The van der Waals surface area contributed by atoms with Gasteiger partial charge in [0.05, 0.1) is 6.04 Å². The van der Waals surface area contributed by atoms with Gasteiger partial charge in [-0.25, -0.2) is 0 Å². The summed E-state index contributed by atoms with van der Waals surface area (Å²) in [6, 6.07) is 9.25. The van der Waals surface area contributed by atoms with E-state index < -0.39 is 29.9 Å². The molecular weight excluding hydrogens is 486 g/mol. The number of rotatable bonds is 14. The highest BCUT2D eigenvalue weighted by molar-refractivity contribution is 5.93. The summed E-state index contributed by atoms with van der Waals surface area (Å²) in [6.07, 6.45) is 1.19. The normalized spacial score (nSPS) is 13.5. The van der Waals surface area contributed by atoms with E-state index in [2.05, 4.69) is 5.32 Å². The SMILES string of the molecule is CC(C)CC(=O)N[C@@H](Cc1ccc(O)cc1)C(=O)N(C(C=O)Cc1ccc(O)cc1)[C@@H](CC(C)C)C(N)=O. The van der Waals surface area contributed by atoms with E-state index in [0.717, 1.165) is 0 Å². The molecular formula is C29H39N3O6. The molecule has 0 aliphatic rings. The first-order valence-corrected chi connectivity index (χ1v) is 12.8. The molecule has 5 N–H and O–H groups in total. The Kier molecular flexibility index (Phi) is 11.3. The highest BCUT2D eigenvalue weighted by Crippen LogP contribution is 2.21. The Morgan fingerprint density at radius 2 is 1.37 bits per heavy atom. The molecule has 0 aliphatic carbocycles. The number of phenols is 2. The van der Waals surface area contributed by atoms with Crippen LogP contribution in [0.25, 0.3) is 0 Å². The van der Waals surface area contributed by atoms with Crippen molar-refractivity contribution in [3.8, 4) is 11.5 Å². The fourth-order valence-electron chi connectivity index (χ4n) is 4.32. The molecule has 3 atom stereocenters. The minimum absolute atomic E-state index is 0.0187. The first-order chi connectivity index (χ1) is 17.9. The van der Waals surface area contributed by atoms with Gasteiger partial charge in [-0.3, -0.25) is 14.4 Å². The highest BCUT2D eigenvalue weighted by Gasteiger charge is 2.38. The molecule has 38 heavy (non-hydrogen) atoms. The van der Waals surface area contributed by atoms with Crippen LogP contribution in [0.1, 0.15) is 51.7 Å². The van der Waals surface area contributed by atoms with Crippen LogP contribution in [-0.4, -0.2) is 57.2 Å². The van der Waals surface area contributed by atoms with Crippen LogP contribution in [0.15, 0.2) is 48.5 Å². The number of aromatic hydroxyl groups is 2. The van der Waals surface area contributed by atoms with E-state index in [1.165, 1.54) is 29.2 Å². The Morgan fingerprint density at radius 3 is 1.79 bits per heavy atom. The molecule has 9 nitrogen and oxygen atoms in total. The smallest absolute Gasteiger partial charge is 0.246 e. The van der Waals surface area contributed by atoms with E-state index in [1.54, 1.807) is 24.3 Å². The van der Waals surface area contributed by atoms with Crippen LogP contribution in [0.2, 0.25) is 0 Å². The highest BCUT2D eigenvalue weighted by atomic mass is 16.3. The molecule has 9 heteroatoms. The van der Waals surface area contributed by atoms with Crippen LogP contribution in [0.4, 0.5) is 0 Å². The third-order valence-electron chi connectivity index (χ3n) is 6.11. The summed E-state index contributed by atoms with van der Waals surface area (Å²) in [7, 11) is 0. The third kappa shape index (κ3) is 9.21. The van der Waals surface area contributed by atoms with Crippen molar-refractivity contribution in [2.75, 3.05) is 0 Å². The number of nitrogens with zero attached hydrogens (tertiary/aromatic N) is 1. The van der Waals surface area contributed by atoms with Crippen LogP contribution in [0.3, 0.4) is 0 Å². The average Bonchev–Trinajstić information content (AvgIpc) is 2.84. The van der Waals surface area contributed by atoms with Gasteiger partial charge in [0.1, 0.15) is 29.9 Å². The van der Waals surface area contributed by atoms with Crippen LogP contribution in [-0.2, 0) is 32.0 Å². The van der Waals surface area contributed by atoms with Gasteiger partial charge in [-0.15, -0.1) is 0 Å². The lowest BCUT2D eigenvalue weighted by Gasteiger charge is -2.37. The zero-order chi connectivity index (χ0) is 28.4. The molecule has 0 fully saturated rings. The van der Waals surface area contributed by atoms with E-state index in [9.17, 15) is 29.4 Å². The van der Waals surface area contributed by atoms with E-state index >= 15 is 0 Å². The van der Waals surface area contributed by atoms with Crippen molar-refractivity contribution in [1.29, 1.82) is 0 Å². The lowest BCUT2D eigenvalue weighted by molar-refractivity contribution is -0.147. The second-order valence-electron chi connectivity index (χ2n) is 10.5. The first kappa shape index (κ1) is 30.3. The summed E-state index contributed by atoms with van der Waals surface area (Å²) < 4.78 is 0. The second kappa shape index (κ2) is 14.2. The number of hydrogen-bond acceptors (Lipinski definition) is 6. The number of nitrogens with one attached hydrogen (secondary N) is 1. The van der Waals surface area contributed by atoms with Crippen LogP contribution in [0, 0.1) is 11.8 Å². The van der Waals surface area contributed by atoms with Gasteiger partial charge in [-0.1, -0.05) is 52.0 Å². The number of aldehydes is 1. The van der Waals surface area contributed by atoms with Gasteiger partial charge in [0, 0.05) is 12.8 Å². The maximum atomic E-state index is 14.2. The average molecular weight is 526 g/mol. The monoisotopic (exact) mass is 525 g/mol. The van der Waals surface area contributed by atoms with Gasteiger partial charge >= 0.3 is 0 Å². The Bertz CT molecular complexity index is 1080. The summed E-state index contributed by atoms with van der Waals surface area (Å²) >= 11 is 0. The van der Waals surface area contributed by atoms with Crippen molar-refractivity contribution in [2.24, 2.45) is 17.6 Å². The van der Waals surface area contributed by atoms with Gasteiger partial charge < -0.3 is 31.0 Å². The van der Waals surface area contributed by atoms with Crippen LogP contribution in [0.5, 0.6) is 11.5 Å². The minimum atomic E-state index is -1.08. The molecule has 2 aromatic carbocycles. The molecule has 0 heterocycles. The lowest BCUT2D eigenvalue weighted by Crippen LogP contribution is -2.60. The predicted molar refractivity (Wildman–Crippen MR) is 144 cm³/mol. The Balaban J connectivity index is 2.53. The summed E-state index contributed by atoms with van der Waals surface area (Å²) in [5.74, 6) is -1.54. The molecule has 2 aromatic rings. The molecule has 1 unspecified atom stereocenters. The molecule has 206 valence electrons. The Labute approximate surface area is 224 Å². The zero-order valence-electron chi connectivity index (χ0n) is 22.5. The summed E-state index contributed by atoms with van der Waals surface area (Å²) in [6.45, 7) is 7.53. The third-order valence-corrected chi connectivity index (χ3v) is 6.11. The number of benzene rings is 2. The number of primary amides is 1. The topological polar surface area (TPSA) is 150 Å². The van der Waals surface area contributed by atoms with E-state index in [-0.39, 0.29) is 54.9 Å². The molecule has 0 spiro atoms. The largest absolute Gasteiger partial charge is 0.508 e. The zero-order valence-corrected chi connectivity index (χ0v) is 22.5. The van der Waals surface area contributed by atoms with E-state index in [0.29, 0.717) is 17.4 Å². The maximum Gasteiger partial charge on any atom is 0.246 e. The number of carbonyl (C=O) groups is 4. The van der Waals surface area contributed by atoms with Gasteiger partial charge in [-0.05, 0) is 60.1 Å². The van der Waals surface area contributed by atoms with Crippen molar-refractivity contribution in [1.82, 2.24) is 10.2 Å². The van der Waals surface area contributed by atoms with Crippen LogP contribution < -0.4 is 11.1 Å². The lowest BCUT2D eigenvalue weighted by atomic mass is 9.95. The molecule has 0 saturated heterocycles. The van der Waals surface area contributed by atoms with Crippen molar-refractivity contribution in [3.63, 3.8) is 0 Å². The summed E-state index contributed by atoms with van der Waals surface area (Å²) in [4.78, 5) is 53.2. The quantitative estimate of drug-likeness (QED) is 0.279. The minimum Gasteiger partial charge on any atom is -0.508 e. The van der Waals surface area contributed by atoms with Gasteiger partial charge in [-0.2, -0.15) is 0 Å². The van der Waals surface area contributed by atoms with Crippen molar-refractivity contribution < 1.29 is 29.4 Å². The van der Waals surface area contributed by atoms with Gasteiger partial charge in [0.2, 0.25) is 17.7 Å². The summed E-state index contributed by atoms with van der Waals surface area (Å²) in [5, 5.41) is 22.1. The second-order valence-corrected chi connectivity index (χ2v) is 10.5. The molecule has 0 bridgehead atoms.